The number of nitrogens with zero attached hydrogens (tertiary/aromatic N) is 2. The molecule has 3 aromatic rings. The third kappa shape index (κ3) is 6.75. The maximum atomic E-state index is 13.6. The van der Waals surface area contributed by atoms with E-state index in [0.29, 0.717) is 36.0 Å². The van der Waals surface area contributed by atoms with Crippen molar-refractivity contribution < 1.29 is 32.2 Å². The van der Waals surface area contributed by atoms with E-state index in [1.165, 1.54) is 6.07 Å². The van der Waals surface area contributed by atoms with E-state index in [-0.39, 0.29) is 19.0 Å². The van der Waals surface area contributed by atoms with E-state index < -0.39 is 23.3 Å². The molecule has 8 nitrogen and oxygen atoms in total. The summed E-state index contributed by atoms with van der Waals surface area (Å²) in [7, 11) is 0. The van der Waals surface area contributed by atoms with E-state index in [2.05, 4.69) is 15.7 Å². The van der Waals surface area contributed by atoms with Gasteiger partial charge in [0.1, 0.15) is 11.5 Å². The molecule has 1 aromatic heterocycles. The molecule has 0 aliphatic rings. The van der Waals surface area contributed by atoms with Crippen molar-refractivity contribution in [3.63, 3.8) is 0 Å². The Kier molecular flexibility index (Phi) is 8.34. The van der Waals surface area contributed by atoms with Crippen molar-refractivity contribution in [2.24, 2.45) is 0 Å². The second-order valence-electron chi connectivity index (χ2n) is 7.23. The van der Waals surface area contributed by atoms with Gasteiger partial charge in [0.05, 0.1) is 24.5 Å². The van der Waals surface area contributed by atoms with Crippen LogP contribution >= 0.6 is 0 Å². The Morgan fingerprint density at radius 3 is 2.17 bits per heavy atom. The van der Waals surface area contributed by atoms with E-state index in [4.69, 9.17) is 9.47 Å². The molecule has 2 aromatic carbocycles. The third-order valence-corrected chi connectivity index (χ3v) is 4.74. The van der Waals surface area contributed by atoms with Crippen molar-refractivity contribution in [1.82, 2.24) is 20.4 Å². The lowest BCUT2D eigenvalue weighted by molar-refractivity contribution is -0.141. The van der Waals surface area contributed by atoms with Gasteiger partial charge < -0.3 is 20.1 Å². The van der Waals surface area contributed by atoms with Crippen molar-refractivity contribution in [2.75, 3.05) is 26.3 Å². The first-order chi connectivity index (χ1) is 16.7. The number of carbonyl (C=O) groups is 2. The van der Waals surface area contributed by atoms with Gasteiger partial charge in [0.2, 0.25) is 0 Å². The first kappa shape index (κ1) is 25.6. The zero-order valence-electron chi connectivity index (χ0n) is 19.2. The Morgan fingerprint density at radius 1 is 0.914 bits per heavy atom. The fourth-order valence-corrected chi connectivity index (χ4v) is 3.18. The summed E-state index contributed by atoms with van der Waals surface area (Å²) in [5, 5.41) is 8.57. The number of ether oxygens (including phenoxy) is 2. The van der Waals surface area contributed by atoms with Gasteiger partial charge in [-0.3, -0.25) is 9.59 Å². The first-order valence-corrected chi connectivity index (χ1v) is 10.9. The van der Waals surface area contributed by atoms with Crippen LogP contribution in [0.5, 0.6) is 11.5 Å². The summed E-state index contributed by atoms with van der Waals surface area (Å²) in [5.41, 5.74) is -1.25. The molecule has 0 atom stereocenters. The number of benzene rings is 2. The van der Waals surface area contributed by atoms with Crippen LogP contribution in [0, 0.1) is 0 Å². The molecule has 186 valence electrons. The molecule has 0 aliphatic carbocycles. The predicted molar refractivity (Wildman–Crippen MR) is 122 cm³/mol. The average molecular weight is 490 g/mol. The fourth-order valence-electron chi connectivity index (χ4n) is 3.18. The minimum atomic E-state index is -4.84. The molecule has 11 heteroatoms. The number of rotatable bonds is 10. The summed E-state index contributed by atoms with van der Waals surface area (Å²) < 4.78 is 52.3. The average Bonchev–Trinajstić information content (AvgIpc) is 3.29. The van der Waals surface area contributed by atoms with Crippen molar-refractivity contribution in [3.8, 4) is 17.2 Å². The van der Waals surface area contributed by atoms with Gasteiger partial charge in [-0.2, -0.15) is 18.3 Å². The topological polar surface area (TPSA) is 94.5 Å². The van der Waals surface area contributed by atoms with E-state index >= 15 is 0 Å². The highest BCUT2D eigenvalue weighted by molar-refractivity contribution is 5.96. The van der Waals surface area contributed by atoms with Crippen LogP contribution in [0.4, 0.5) is 13.2 Å². The smallest absolute Gasteiger partial charge is 0.435 e. The molecule has 0 unspecified atom stereocenters. The third-order valence-electron chi connectivity index (χ3n) is 4.74. The highest BCUT2D eigenvalue weighted by Gasteiger charge is 2.39. The zero-order valence-corrected chi connectivity index (χ0v) is 19.2. The van der Waals surface area contributed by atoms with Crippen LogP contribution in [0.25, 0.3) is 5.69 Å². The van der Waals surface area contributed by atoms with Crippen molar-refractivity contribution >= 4 is 11.8 Å². The van der Waals surface area contributed by atoms with E-state index in [9.17, 15) is 22.8 Å². The van der Waals surface area contributed by atoms with Crippen LogP contribution in [0.15, 0.2) is 54.7 Å². The number of hydrogen-bond acceptors (Lipinski definition) is 5. The van der Waals surface area contributed by atoms with E-state index in [1.807, 2.05) is 6.92 Å². The molecule has 0 bridgehead atoms. The minimum Gasteiger partial charge on any atom is -0.494 e. The summed E-state index contributed by atoms with van der Waals surface area (Å²) in [6.07, 6.45) is -3.82. The standard InChI is InChI=1S/C24H25F3N4O4/c1-3-34-18-10-8-16(9-11-18)22(32)28-12-13-29-23(33)20-15-31(30-21(20)24(25,26)27)17-6-5-7-19(14-17)35-4-2/h5-11,14-15H,3-4,12-13H2,1-2H3,(H,28,32)(H,29,33). The zero-order chi connectivity index (χ0) is 25.4. The minimum absolute atomic E-state index is 0.0175. The van der Waals surface area contributed by atoms with Gasteiger partial charge in [-0.1, -0.05) is 6.07 Å². The fraction of sp³-hybridized carbons (Fsp3) is 0.292. The molecular weight excluding hydrogens is 465 g/mol. The maximum absolute atomic E-state index is 13.6. The molecule has 2 amide bonds. The summed E-state index contributed by atoms with van der Waals surface area (Å²) in [5.74, 6) is -0.259. The van der Waals surface area contributed by atoms with Crippen LogP contribution in [0.1, 0.15) is 40.3 Å². The number of halogens is 3. The molecule has 2 N–H and O–H groups in total. The number of amides is 2. The lowest BCUT2D eigenvalue weighted by Gasteiger charge is -2.09. The molecule has 3 rings (SSSR count). The van der Waals surface area contributed by atoms with E-state index in [1.54, 1.807) is 49.4 Å². The Bertz CT molecular complexity index is 1160. The number of alkyl halides is 3. The summed E-state index contributed by atoms with van der Waals surface area (Å²) in [6, 6.07) is 12.8. The molecular formula is C24H25F3N4O4. The van der Waals surface area contributed by atoms with Crippen LogP contribution < -0.4 is 20.1 Å². The van der Waals surface area contributed by atoms with Gasteiger partial charge >= 0.3 is 6.18 Å². The van der Waals surface area contributed by atoms with Crippen molar-refractivity contribution in [3.05, 3.63) is 71.5 Å². The predicted octanol–water partition coefficient (Wildman–Crippen LogP) is 3.85. The molecule has 1 heterocycles. The normalized spacial score (nSPS) is 11.1. The second kappa shape index (κ2) is 11.4. The lowest BCUT2D eigenvalue weighted by Crippen LogP contribution is -2.35. The highest BCUT2D eigenvalue weighted by Crippen LogP contribution is 2.31. The van der Waals surface area contributed by atoms with Crippen molar-refractivity contribution in [2.45, 2.75) is 20.0 Å². The molecule has 0 saturated heterocycles. The molecule has 0 fully saturated rings. The summed E-state index contributed by atoms with van der Waals surface area (Å²) in [6.45, 7) is 4.45. The monoisotopic (exact) mass is 490 g/mol. The number of nitrogens with one attached hydrogen (secondary N) is 2. The lowest BCUT2D eigenvalue weighted by atomic mass is 10.2. The summed E-state index contributed by atoms with van der Waals surface area (Å²) >= 11 is 0. The van der Waals surface area contributed by atoms with Gasteiger partial charge in [0.15, 0.2) is 5.69 Å². The molecule has 0 aliphatic heterocycles. The van der Waals surface area contributed by atoms with Crippen LogP contribution in [0.2, 0.25) is 0 Å². The van der Waals surface area contributed by atoms with Gasteiger partial charge in [-0.15, -0.1) is 0 Å². The van der Waals surface area contributed by atoms with Crippen LogP contribution in [-0.4, -0.2) is 47.9 Å². The maximum Gasteiger partial charge on any atom is 0.435 e. The molecule has 0 radical (unpaired) electrons. The molecule has 0 spiro atoms. The van der Waals surface area contributed by atoms with E-state index in [0.717, 1.165) is 10.9 Å². The Balaban J connectivity index is 1.64. The Labute approximate surface area is 200 Å². The Hall–Kier alpha value is -4.02. The highest BCUT2D eigenvalue weighted by atomic mass is 19.4. The van der Waals surface area contributed by atoms with Gasteiger partial charge in [-0.25, -0.2) is 4.68 Å². The largest absolute Gasteiger partial charge is 0.494 e. The number of hydrogen-bond donors (Lipinski definition) is 2. The second-order valence-corrected chi connectivity index (χ2v) is 7.23. The summed E-state index contributed by atoms with van der Waals surface area (Å²) in [4.78, 5) is 24.7. The first-order valence-electron chi connectivity index (χ1n) is 10.9. The number of carbonyl (C=O) groups excluding carboxylic acids is 2. The van der Waals surface area contributed by atoms with Gasteiger partial charge in [-0.05, 0) is 50.2 Å². The van der Waals surface area contributed by atoms with Crippen LogP contribution in [0.3, 0.4) is 0 Å². The molecule has 35 heavy (non-hydrogen) atoms. The van der Waals surface area contributed by atoms with Gasteiger partial charge in [0.25, 0.3) is 11.8 Å². The van der Waals surface area contributed by atoms with Crippen LogP contribution in [-0.2, 0) is 6.18 Å². The Morgan fingerprint density at radius 2 is 1.54 bits per heavy atom. The quantitative estimate of drug-likeness (QED) is 0.421. The van der Waals surface area contributed by atoms with Gasteiger partial charge in [0, 0.05) is 30.9 Å². The molecule has 0 saturated carbocycles. The number of aromatic nitrogens is 2. The SMILES string of the molecule is CCOc1ccc(C(=O)NCCNC(=O)c2cn(-c3cccc(OCC)c3)nc2C(F)(F)F)cc1. The van der Waals surface area contributed by atoms with Crippen molar-refractivity contribution in [1.29, 1.82) is 0 Å².